The van der Waals surface area contributed by atoms with Gasteiger partial charge in [-0.25, -0.2) is 4.98 Å². The van der Waals surface area contributed by atoms with Crippen molar-refractivity contribution in [1.29, 1.82) is 0 Å². The molecule has 2 aromatic rings. The summed E-state index contributed by atoms with van der Waals surface area (Å²) in [5.41, 5.74) is 0. The number of fused-ring (bicyclic) bond motifs is 1. The zero-order valence-electron chi connectivity index (χ0n) is 14.4. The van der Waals surface area contributed by atoms with E-state index in [9.17, 15) is 4.79 Å². The Morgan fingerprint density at radius 1 is 1.27 bits per heavy atom. The predicted molar refractivity (Wildman–Crippen MR) is 97.7 cm³/mol. The summed E-state index contributed by atoms with van der Waals surface area (Å²) in [5.74, 6) is 3.13. The maximum atomic E-state index is 12.1. The van der Waals surface area contributed by atoms with Crippen LogP contribution in [0.2, 0.25) is 0 Å². The van der Waals surface area contributed by atoms with Crippen molar-refractivity contribution in [3.05, 3.63) is 30.1 Å². The topological polar surface area (TPSA) is 89.1 Å². The molecule has 26 heavy (non-hydrogen) atoms. The summed E-state index contributed by atoms with van der Waals surface area (Å²) >= 11 is 1.35. The summed E-state index contributed by atoms with van der Waals surface area (Å²) in [4.78, 5) is 16.6. The molecule has 2 N–H and O–H groups in total. The van der Waals surface area contributed by atoms with Gasteiger partial charge in [-0.3, -0.25) is 9.89 Å². The van der Waals surface area contributed by atoms with Crippen molar-refractivity contribution in [2.75, 3.05) is 18.9 Å². The number of para-hydroxylation sites is 2. The van der Waals surface area contributed by atoms with Gasteiger partial charge in [0.25, 0.3) is 0 Å². The van der Waals surface area contributed by atoms with Crippen LogP contribution in [-0.4, -0.2) is 46.1 Å². The summed E-state index contributed by atoms with van der Waals surface area (Å²) in [5, 5.41) is 10.7. The Hall–Kier alpha value is -2.22. The number of aromatic amines is 1. The van der Waals surface area contributed by atoms with Crippen LogP contribution in [0.3, 0.4) is 0 Å². The van der Waals surface area contributed by atoms with Gasteiger partial charge in [0.15, 0.2) is 11.5 Å². The number of amides is 1. The van der Waals surface area contributed by atoms with Crippen LogP contribution >= 0.6 is 11.8 Å². The van der Waals surface area contributed by atoms with Crippen molar-refractivity contribution in [3.63, 3.8) is 0 Å². The summed E-state index contributed by atoms with van der Waals surface area (Å²) in [7, 11) is 0. The first-order valence-corrected chi connectivity index (χ1v) is 9.97. The van der Waals surface area contributed by atoms with Gasteiger partial charge < -0.3 is 14.8 Å². The third kappa shape index (κ3) is 4.12. The molecule has 4 rings (SSSR count). The van der Waals surface area contributed by atoms with E-state index < -0.39 is 0 Å². The molecule has 1 fully saturated rings. The summed E-state index contributed by atoms with van der Waals surface area (Å²) in [6.45, 7) is 0.838. The van der Waals surface area contributed by atoms with Crippen molar-refractivity contribution >= 4 is 17.7 Å². The number of nitrogens with zero attached hydrogens (tertiary/aromatic N) is 2. The molecule has 1 amide bonds. The second-order valence-corrected chi connectivity index (χ2v) is 7.52. The van der Waals surface area contributed by atoms with Crippen LogP contribution in [0.4, 0.5) is 0 Å². The Labute approximate surface area is 156 Å². The molecule has 0 saturated heterocycles. The molecule has 0 spiro atoms. The molecule has 1 aromatic heterocycles. The van der Waals surface area contributed by atoms with Crippen LogP contribution in [-0.2, 0) is 4.79 Å². The van der Waals surface area contributed by atoms with Crippen LogP contribution in [0.25, 0.3) is 0 Å². The highest BCUT2D eigenvalue weighted by Crippen LogP contribution is 2.32. The molecule has 1 aliphatic carbocycles. The van der Waals surface area contributed by atoms with Gasteiger partial charge in [0, 0.05) is 5.92 Å². The van der Waals surface area contributed by atoms with E-state index in [4.69, 9.17) is 9.47 Å². The van der Waals surface area contributed by atoms with Gasteiger partial charge in [-0.05, 0) is 25.0 Å². The maximum Gasteiger partial charge on any atom is 0.230 e. The number of ether oxygens (including phenoxy) is 2. The average Bonchev–Trinajstić information content (AvgIpc) is 3.36. The largest absolute Gasteiger partial charge is 0.486 e. The predicted octanol–water partition coefficient (Wildman–Crippen LogP) is 2.51. The first-order chi connectivity index (χ1) is 12.8. The molecule has 2 heterocycles. The standard InChI is InChI=1S/C18H22N4O3S/c23-16(11-26-18-20-17(21-22-18)12-5-1-2-6-12)19-9-13-10-24-14-7-3-4-8-15(14)25-13/h3-4,7-8,12-13H,1-2,5-6,9-11H2,(H,19,23)(H,20,21,22). The second-order valence-electron chi connectivity index (χ2n) is 6.57. The van der Waals surface area contributed by atoms with E-state index in [-0.39, 0.29) is 17.8 Å². The van der Waals surface area contributed by atoms with Gasteiger partial charge in [-0.2, -0.15) is 0 Å². The average molecular weight is 374 g/mol. The molecule has 0 radical (unpaired) electrons. The third-order valence-corrected chi connectivity index (χ3v) is 5.50. The smallest absolute Gasteiger partial charge is 0.230 e. The minimum atomic E-state index is -0.184. The second kappa shape index (κ2) is 7.99. The van der Waals surface area contributed by atoms with Crippen molar-refractivity contribution in [1.82, 2.24) is 20.5 Å². The Kier molecular flexibility index (Phi) is 5.29. The molecular weight excluding hydrogens is 352 g/mol. The van der Waals surface area contributed by atoms with Crippen LogP contribution in [0.5, 0.6) is 11.5 Å². The molecule has 1 aromatic carbocycles. The van der Waals surface area contributed by atoms with Gasteiger partial charge >= 0.3 is 0 Å². The number of H-pyrrole nitrogens is 1. The van der Waals surface area contributed by atoms with Crippen molar-refractivity contribution in [3.8, 4) is 11.5 Å². The zero-order chi connectivity index (χ0) is 17.8. The number of carbonyl (C=O) groups excluding carboxylic acids is 1. The van der Waals surface area contributed by atoms with E-state index in [1.807, 2.05) is 24.3 Å². The Morgan fingerprint density at radius 2 is 2.08 bits per heavy atom. The highest BCUT2D eigenvalue weighted by atomic mass is 32.2. The number of carbonyl (C=O) groups is 1. The Bertz CT molecular complexity index is 760. The van der Waals surface area contributed by atoms with Gasteiger partial charge in [-0.1, -0.05) is 36.7 Å². The van der Waals surface area contributed by atoms with E-state index in [0.717, 1.165) is 11.6 Å². The Balaban J connectivity index is 1.20. The maximum absolute atomic E-state index is 12.1. The molecule has 8 heteroatoms. The molecular formula is C18H22N4O3S. The Morgan fingerprint density at radius 3 is 2.92 bits per heavy atom. The summed E-state index contributed by atoms with van der Waals surface area (Å²) in [6.07, 6.45) is 4.68. The molecule has 1 aliphatic heterocycles. The monoisotopic (exact) mass is 374 g/mol. The SMILES string of the molecule is O=C(CSc1n[nH]c(C2CCCC2)n1)NCC1COc2ccccc2O1. The first-order valence-electron chi connectivity index (χ1n) is 8.98. The van der Waals surface area contributed by atoms with E-state index in [1.165, 1.54) is 37.4 Å². The fourth-order valence-corrected chi connectivity index (χ4v) is 3.91. The van der Waals surface area contributed by atoms with Gasteiger partial charge in [0.05, 0.1) is 12.3 Å². The van der Waals surface area contributed by atoms with E-state index >= 15 is 0 Å². The number of hydrogen-bond acceptors (Lipinski definition) is 6. The van der Waals surface area contributed by atoms with Gasteiger partial charge in [-0.15, -0.1) is 5.10 Å². The lowest BCUT2D eigenvalue weighted by molar-refractivity contribution is -0.119. The van der Waals surface area contributed by atoms with Gasteiger partial charge in [0.1, 0.15) is 18.5 Å². The molecule has 1 atom stereocenters. The lowest BCUT2D eigenvalue weighted by atomic mass is 10.1. The molecule has 7 nitrogen and oxygen atoms in total. The van der Waals surface area contributed by atoms with Crippen molar-refractivity contribution in [2.45, 2.75) is 42.9 Å². The number of thioether (sulfide) groups is 1. The molecule has 2 aliphatic rings. The third-order valence-electron chi connectivity index (χ3n) is 4.65. The molecule has 138 valence electrons. The van der Waals surface area contributed by atoms with E-state index in [0.29, 0.717) is 30.0 Å². The molecule has 1 unspecified atom stereocenters. The fourth-order valence-electron chi connectivity index (χ4n) is 3.28. The van der Waals surface area contributed by atoms with Gasteiger partial charge in [0.2, 0.25) is 11.1 Å². The molecule has 1 saturated carbocycles. The number of rotatable bonds is 6. The van der Waals surface area contributed by atoms with Crippen LogP contribution in [0.1, 0.15) is 37.4 Å². The minimum absolute atomic E-state index is 0.0651. The van der Waals surface area contributed by atoms with E-state index in [1.54, 1.807) is 0 Å². The van der Waals surface area contributed by atoms with E-state index in [2.05, 4.69) is 20.5 Å². The zero-order valence-corrected chi connectivity index (χ0v) is 15.3. The van der Waals surface area contributed by atoms with Crippen LogP contribution in [0, 0.1) is 0 Å². The normalized spacial score (nSPS) is 19.5. The number of nitrogens with one attached hydrogen (secondary N) is 2. The number of benzene rings is 1. The molecule has 0 bridgehead atoms. The highest BCUT2D eigenvalue weighted by Gasteiger charge is 2.22. The summed E-state index contributed by atoms with van der Waals surface area (Å²) < 4.78 is 11.5. The van der Waals surface area contributed by atoms with Crippen molar-refractivity contribution < 1.29 is 14.3 Å². The lowest BCUT2D eigenvalue weighted by Crippen LogP contribution is -2.41. The lowest BCUT2D eigenvalue weighted by Gasteiger charge is -2.26. The van der Waals surface area contributed by atoms with Crippen LogP contribution in [0.15, 0.2) is 29.4 Å². The number of aromatic nitrogens is 3. The fraction of sp³-hybridized carbons (Fsp3) is 0.500. The highest BCUT2D eigenvalue weighted by molar-refractivity contribution is 7.99. The number of hydrogen-bond donors (Lipinski definition) is 2. The minimum Gasteiger partial charge on any atom is -0.486 e. The summed E-state index contributed by atoms with van der Waals surface area (Å²) in [6, 6.07) is 7.54. The quantitative estimate of drug-likeness (QED) is 0.755. The van der Waals surface area contributed by atoms with Crippen LogP contribution < -0.4 is 14.8 Å². The van der Waals surface area contributed by atoms with Crippen molar-refractivity contribution in [2.24, 2.45) is 0 Å². The first kappa shape index (κ1) is 17.2.